The van der Waals surface area contributed by atoms with Crippen LogP contribution in [0, 0.1) is 5.92 Å². The molecule has 1 aliphatic heterocycles. The molecule has 86 valence electrons. The first kappa shape index (κ1) is 11.2. The number of hydrogen-bond acceptors (Lipinski definition) is 2. The Bertz CT molecular complexity index is 505. The first-order chi connectivity index (χ1) is 7.51. The summed E-state index contributed by atoms with van der Waals surface area (Å²) in [6.45, 7) is 4.54. The van der Waals surface area contributed by atoms with Gasteiger partial charge in [-0.2, -0.15) is 0 Å². The van der Waals surface area contributed by atoms with Crippen molar-refractivity contribution < 1.29 is 8.42 Å². The molecule has 1 aliphatic rings. The molecule has 0 aromatic heterocycles. The van der Waals surface area contributed by atoms with Crippen LogP contribution >= 0.6 is 0 Å². The molecule has 1 unspecified atom stereocenters. The van der Waals surface area contributed by atoms with Crippen molar-refractivity contribution in [1.82, 2.24) is 4.31 Å². The molecule has 0 N–H and O–H groups in total. The normalized spacial score (nSPS) is 21.0. The molecule has 1 heterocycles. The lowest BCUT2D eigenvalue weighted by atomic mass is 10.1. The van der Waals surface area contributed by atoms with Crippen molar-refractivity contribution in [3.8, 4) is 0 Å². The van der Waals surface area contributed by atoms with Gasteiger partial charge in [-0.15, -0.1) is 0 Å². The number of benzene rings is 1. The molecule has 0 fully saturated rings. The van der Waals surface area contributed by atoms with E-state index >= 15 is 0 Å². The fraction of sp³-hybridized carbons (Fsp3) is 0.333. The van der Waals surface area contributed by atoms with Crippen molar-refractivity contribution in [1.29, 1.82) is 0 Å². The maximum atomic E-state index is 12.2. The average Bonchev–Trinajstić information content (AvgIpc) is 2.61. The third-order valence-electron chi connectivity index (χ3n) is 2.93. The van der Waals surface area contributed by atoms with Crippen molar-refractivity contribution in [2.45, 2.75) is 18.7 Å². The lowest BCUT2D eigenvalue weighted by Crippen LogP contribution is -2.25. The lowest BCUT2D eigenvalue weighted by Gasteiger charge is -2.16. The summed E-state index contributed by atoms with van der Waals surface area (Å²) in [5.74, 6) is 0.304. The third-order valence-corrected chi connectivity index (χ3v) is 4.67. The van der Waals surface area contributed by atoms with E-state index in [0.29, 0.717) is 17.4 Å². The molecule has 4 heteroatoms. The molecule has 3 nitrogen and oxygen atoms in total. The van der Waals surface area contributed by atoms with Crippen LogP contribution in [0.3, 0.4) is 0 Å². The maximum absolute atomic E-state index is 12.2. The summed E-state index contributed by atoms with van der Waals surface area (Å²) in [4.78, 5) is 0.355. The van der Waals surface area contributed by atoms with E-state index in [9.17, 15) is 8.42 Å². The first-order valence-electron chi connectivity index (χ1n) is 5.27. The Morgan fingerprint density at radius 2 is 1.88 bits per heavy atom. The summed E-state index contributed by atoms with van der Waals surface area (Å²) in [5.41, 5.74) is 1.11. The summed E-state index contributed by atoms with van der Waals surface area (Å²) < 4.78 is 25.8. The third kappa shape index (κ3) is 1.85. The van der Waals surface area contributed by atoms with Crippen LogP contribution in [0.25, 0.3) is 0 Å². The second kappa shape index (κ2) is 3.94. The highest BCUT2D eigenvalue weighted by Gasteiger charge is 2.28. The molecule has 0 saturated heterocycles. The number of nitrogens with zero attached hydrogens (tertiary/aromatic N) is 1. The molecular weight excluding hydrogens is 222 g/mol. The van der Waals surface area contributed by atoms with Gasteiger partial charge in [0.25, 0.3) is 10.0 Å². The van der Waals surface area contributed by atoms with Gasteiger partial charge in [0, 0.05) is 12.7 Å². The Morgan fingerprint density at radius 1 is 1.25 bits per heavy atom. The Balaban J connectivity index is 2.36. The quantitative estimate of drug-likeness (QED) is 0.791. The largest absolute Gasteiger partial charge is 0.273 e. The van der Waals surface area contributed by atoms with Crippen molar-refractivity contribution in [3.63, 3.8) is 0 Å². The molecule has 1 atom stereocenters. The fourth-order valence-corrected chi connectivity index (χ4v) is 3.21. The summed E-state index contributed by atoms with van der Waals surface area (Å²) in [6, 6.07) is 8.54. The Hall–Kier alpha value is -1.29. The van der Waals surface area contributed by atoms with Gasteiger partial charge in [0.05, 0.1) is 4.90 Å². The molecule has 0 saturated carbocycles. The second-order valence-corrected chi connectivity index (χ2v) is 6.05. The van der Waals surface area contributed by atoms with Crippen LogP contribution in [0.15, 0.2) is 47.0 Å². The zero-order valence-corrected chi connectivity index (χ0v) is 10.2. The van der Waals surface area contributed by atoms with Crippen LogP contribution in [-0.2, 0) is 10.0 Å². The summed E-state index contributed by atoms with van der Waals surface area (Å²) in [5, 5.41) is 0. The molecule has 2 rings (SSSR count). The molecule has 0 radical (unpaired) electrons. The van der Waals surface area contributed by atoms with E-state index < -0.39 is 10.0 Å². The fourth-order valence-electron chi connectivity index (χ4n) is 1.72. The van der Waals surface area contributed by atoms with Gasteiger partial charge >= 0.3 is 0 Å². The van der Waals surface area contributed by atoms with Crippen LogP contribution in [0.2, 0.25) is 0 Å². The topological polar surface area (TPSA) is 37.4 Å². The minimum Gasteiger partial charge on any atom is -0.273 e. The number of rotatable bonds is 2. The van der Waals surface area contributed by atoms with Crippen molar-refractivity contribution in [3.05, 3.63) is 42.1 Å². The van der Waals surface area contributed by atoms with Crippen LogP contribution < -0.4 is 0 Å². The first-order valence-corrected chi connectivity index (χ1v) is 6.71. The zero-order chi connectivity index (χ0) is 11.8. The van der Waals surface area contributed by atoms with Crippen LogP contribution in [-0.4, -0.2) is 19.3 Å². The average molecular weight is 237 g/mol. The van der Waals surface area contributed by atoms with Crippen molar-refractivity contribution >= 4 is 10.0 Å². The summed E-state index contributed by atoms with van der Waals surface area (Å²) in [6.07, 6.45) is 1.73. The lowest BCUT2D eigenvalue weighted by molar-refractivity contribution is 0.489. The van der Waals surface area contributed by atoms with Gasteiger partial charge in [0.1, 0.15) is 0 Å². The maximum Gasteiger partial charge on any atom is 0.263 e. The van der Waals surface area contributed by atoms with E-state index in [1.807, 2.05) is 19.9 Å². The predicted molar refractivity (Wildman–Crippen MR) is 63.3 cm³/mol. The molecule has 0 bridgehead atoms. The van der Waals surface area contributed by atoms with Gasteiger partial charge in [-0.25, -0.2) is 8.42 Å². The highest BCUT2D eigenvalue weighted by molar-refractivity contribution is 7.89. The van der Waals surface area contributed by atoms with Gasteiger partial charge in [-0.05, 0) is 25.0 Å². The number of hydrogen-bond donors (Lipinski definition) is 0. The van der Waals surface area contributed by atoms with Gasteiger partial charge in [-0.1, -0.05) is 30.7 Å². The SMILES string of the molecule is CC1=CN(S(=O)(=O)c2ccccc2)CC1C. The van der Waals surface area contributed by atoms with E-state index in [1.54, 1.807) is 30.5 Å². The Morgan fingerprint density at radius 3 is 2.38 bits per heavy atom. The van der Waals surface area contributed by atoms with Gasteiger partial charge < -0.3 is 0 Å². The molecule has 1 aromatic carbocycles. The Kier molecular flexibility index (Phi) is 2.76. The van der Waals surface area contributed by atoms with E-state index in [0.717, 1.165) is 5.57 Å². The number of sulfonamides is 1. The standard InChI is InChI=1S/C12H15NO2S/c1-10-8-13(9-11(10)2)16(14,15)12-6-4-3-5-7-12/h3-8,11H,9H2,1-2H3. The Labute approximate surface area is 96.4 Å². The molecule has 16 heavy (non-hydrogen) atoms. The molecule has 0 aliphatic carbocycles. The van der Waals surface area contributed by atoms with Gasteiger partial charge in [-0.3, -0.25) is 4.31 Å². The minimum atomic E-state index is -3.35. The molecular formula is C12H15NO2S. The smallest absolute Gasteiger partial charge is 0.263 e. The van der Waals surface area contributed by atoms with Crippen molar-refractivity contribution in [2.75, 3.05) is 6.54 Å². The van der Waals surface area contributed by atoms with E-state index in [2.05, 4.69) is 0 Å². The van der Waals surface area contributed by atoms with Crippen LogP contribution in [0.1, 0.15) is 13.8 Å². The summed E-state index contributed by atoms with van der Waals surface area (Å²) in [7, 11) is -3.35. The van der Waals surface area contributed by atoms with Gasteiger partial charge in [0.15, 0.2) is 0 Å². The van der Waals surface area contributed by atoms with Crippen molar-refractivity contribution in [2.24, 2.45) is 5.92 Å². The van der Waals surface area contributed by atoms with Crippen LogP contribution in [0.5, 0.6) is 0 Å². The van der Waals surface area contributed by atoms with E-state index in [4.69, 9.17) is 0 Å². The zero-order valence-electron chi connectivity index (χ0n) is 9.42. The monoisotopic (exact) mass is 237 g/mol. The molecule has 1 aromatic rings. The molecule has 0 spiro atoms. The van der Waals surface area contributed by atoms with Gasteiger partial charge in [0.2, 0.25) is 0 Å². The minimum absolute atomic E-state index is 0.304. The highest BCUT2D eigenvalue weighted by Crippen LogP contribution is 2.26. The van der Waals surface area contributed by atoms with E-state index in [-0.39, 0.29) is 0 Å². The van der Waals surface area contributed by atoms with E-state index in [1.165, 1.54) is 4.31 Å². The molecule has 0 amide bonds. The van der Waals surface area contributed by atoms with Crippen LogP contribution in [0.4, 0.5) is 0 Å². The predicted octanol–water partition coefficient (Wildman–Crippen LogP) is 2.23. The highest BCUT2D eigenvalue weighted by atomic mass is 32.2. The second-order valence-electron chi connectivity index (χ2n) is 4.16. The summed E-state index contributed by atoms with van der Waals surface area (Å²) >= 11 is 0.